The fourth-order valence-electron chi connectivity index (χ4n) is 5.57. The number of halogens is 2. The Morgan fingerprint density at radius 1 is 0.531 bits per heavy atom. The molecule has 5 aromatic carbocycles. The van der Waals surface area contributed by atoms with Gasteiger partial charge in [-0.15, -0.1) is 0 Å². The topological polar surface area (TPSA) is 15.3 Å². The predicted molar refractivity (Wildman–Crippen MR) is 220 cm³/mol. The van der Waals surface area contributed by atoms with Gasteiger partial charge in [0.1, 0.15) is 0 Å². The maximum absolute atomic E-state index is 6.04. The SMILES string of the molecule is CCCN(CCP(c1ccccc1)c1ccccc1)CCP(c1ccccc1)c1ccccc1.CCCN[C](Cc1ccccc1)=[Ru]([Cl])[Cl]. The molecule has 0 bridgehead atoms. The zero-order valence-electron chi connectivity index (χ0n) is 28.7. The predicted octanol–water partition coefficient (Wildman–Crippen LogP) is 9.25. The fourth-order valence-corrected chi connectivity index (χ4v) is 12.4. The van der Waals surface area contributed by atoms with Crippen LogP contribution < -0.4 is 26.5 Å². The van der Waals surface area contributed by atoms with Crippen molar-refractivity contribution in [1.29, 1.82) is 0 Å². The molecule has 0 amide bonds. The first kappa shape index (κ1) is 39.7. The van der Waals surface area contributed by atoms with Gasteiger partial charge >= 0.3 is 105 Å². The first-order valence-corrected chi connectivity index (χ1v) is 25.6. The summed E-state index contributed by atoms with van der Waals surface area (Å²) in [5, 5.41) is 9.26. The fraction of sp³-hybridized carbons (Fsp3) is 0.262. The molecule has 0 heterocycles. The zero-order chi connectivity index (χ0) is 34.5. The molecule has 0 saturated heterocycles. The van der Waals surface area contributed by atoms with Gasteiger partial charge in [0, 0.05) is 13.1 Å². The first-order valence-electron chi connectivity index (χ1n) is 17.2. The summed E-state index contributed by atoms with van der Waals surface area (Å²) in [6.45, 7) is 8.85. The molecule has 7 heteroatoms. The second-order valence-electron chi connectivity index (χ2n) is 11.7. The molecule has 49 heavy (non-hydrogen) atoms. The van der Waals surface area contributed by atoms with Crippen LogP contribution in [-0.2, 0) is 19.9 Å². The van der Waals surface area contributed by atoms with Crippen LogP contribution in [0.3, 0.4) is 0 Å². The average Bonchev–Trinajstić information content (AvgIpc) is 3.16. The van der Waals surface area contributed by atoms with Gasteiger partial charge in [-0.05, 0) is 62.4 Å². The molecule has 0 radical (unpaired) electrons. The van der Waals surface area contributed by atoms with Crippen molar-refractivity contribution in [3.8, 4) is 0 Å². The van der Waals surface area contributed by atoms with Crippen LogP contribution in [-0.4, -0.2) is 47.6 Å². The molecule has 0 atom stereocenters. The Labute approximate surface area is 311 Å². The van der Waals surface area contributed by atoms with Crippen LogP contribution in [0.2, 0.25) is 0 Å². The summed E-state index contributed by atoms with van der Waals surface area (Å²) in [5.41, 5.74) is 1.26. The van der Waals surface area contributed by atoms with Gasteiger partial charge in [-0.3, -0.25) is 0 Å². The number of benzene rings is 5. The van der Waals surface area contributed by atoms with E-state index in [-0.39, 0.29) is 15.8 Å². The van der Waals surface area contributed by atoms with E-state index in [1.807, 2.05) is 18.2 Å². The molecule has 0 aliphatic carbocycles. The van der Waals surface area contributed by atoms with Gasteiger partial charge in [0.15, 0.2) is 0 Å². The Morgan fingerprint density at radius 3 is 1.22 bits per heavy atom. The monoisotopic (exact) mass is 816 g/mol. The van der Waals surface area contributed by atoms with E-state index in [2.05, 4.69) is 158 Å². The van der Waals surface area contributed by atoms with E-state index in [1.165, 1.54) is 52.1 Å². The van der Waals surface area contributed by atoms with Gasteiger partial charge < -0.3 is 4.90 Å². The van der Waals surface area contributed by atoms with Crippen LogP contribution in [0.25, 0.3) is 0 Å². The molecule has 1 N–H and O–H groups in total. The Bertz CT molecular complexity index is 1440. The summed E-state index contributed by atoms with van der Waals surface area (Å²) in [6.07, 6.45) is 5.56. The number of nitrogens with zero attached hydrogens (tertiary/aromatic N) is 1. The zero-order valence-corrected chi connectivity index (χ0v) is 33.8. The Balaban J connectivity index is 0.000000302. The summed E-state index contributed by atoms with van der Waals surface area (Å²) in [5.74, 6) is 0. The van der Waals surface area contributed by atoms with Crippen LogP contribution in [0.5, 0.6) is 0 Å². The van der Waals surface area contributed by atoms with Crippen molar-refractivity contribution < 1.29 is 13.5 Å². The standard InChI is InChI=1S/C31H35NP2.C11H15N.2ClH.Ru/c1-2-23-32(24-26-33(28-15-7-3-8-16-28)29-17-9-4-10-18-29)25-27-34(30-19-11-5-12-20-30)31-21-13-6-14-22-31;1-2-9-12-10-8-11-6-4-3-5-7-11;;;/h3-22H,2,23-27H2,1H3;3-7,12H,2,8-9H2,1H3;2*1H;/q;;;;+2/p-2. The summed E-state index contributed by atoms with van der Waals surface area (Å²) in [7, 11) is 11.4. The molecule has 0 spiro atoms. The van der Waals surface area contributed by atoms with Gasteiger partial charge in [0.05, 0.1) is 0 Å². The molecule has 0 saturated carbocycles. The van der Waals surface area contributed by atoms with Crippen LogP contribution >= 0.6 is 35.2 Å². The Morgan fingerprint density at radius 2 is 0.898 bits per heavy atom. The number of rotatable bonds is 17. The van der Waals surface area contributed by atoms with Crippen LogP contribution in [0.15, 0.2) is 152 Å². The van der Waals surface area contributed by atoms with Crippen molar-refractivity contribution >= 4 is 60.7 Å². The number of nitrogens with one attached hydrogen (secondary N) is 1. The van der Waals surface area contributed by atoms with Gasteiger partial charge in [0.25, 0.3) is 0 Å². The molecular weight excluding hydrogens is 766 g/mol. The van der Waals surface area contributed by atoms with Crippen molar-refractivity contribution in [3.05, 3.63) is 157 Å². The third-order valence-corrected chi connectivity index (χ3v) is 16.3. The quantitative estimate of drug-likeness (QED) is 0.0745. The first-order chi connectivity index (χ1) is 24.1. The molecule has 5 aromatic rings. The molecule has 5 rings (SSSR count). The Kier molecular flexibility index (Phi) is 19.0. The normalized spacial score (nSPS) is 11.4. The third kappa shape index (κ3) is 14.2. The van der Waals surface area contributed by atoms with Crippen molar-refractivity contribution in [2.24, 2.45) is 0 Å². The van der Waals surface area contributed by atoms with E-state index in [0.29, 0.717) is 0 Å². The summed E-state index contributed by atoms with van der Waals surface area (Å²) in [4.78, 5) is 2.71. The van der Waals surface area contributed by atoms with Gasteiger partial charge in [0.2, 0.25) is 0 Å². The second kappa shape index (κ2) is 23.4. The van der Waals surface area contributed by atoms with Crippen molar-refractivity contribution in [2.45, 2.75) is 33.1 Å². The summed E-state index contributed by atoms with van der Waals surface area (Å²) < 4.78 is 1.12. The molecule has 0 fully saturated rings. The van der Waals surface area contributed by atoms with Gasteiger partial charge in [-0.2, -0.15) is 0 Å². The van der Waals surface area contributed by atoms with E-state index in [1.54, 1.807) is 0 Å². The average molecular weight is 817 g/mol. The van der Waals surface area contributed by atoms with Crippen LogP contribution in [0, 0.1) is 0 Å². The Hall–Kier alpha value is -2.05. The van der Waals surface area contributed by atoms with Crippen LogP contribution in [0.4, 0.5) is 0 Å². The molecule has 0 unspecified atom stereocenters. The molecule has 2 nitrogen and oxygen atoms in total. The van der Waals surface area contributed by atoms with E-state index >= 15 is 0 Å². The maximum atomic E-state index is 6.04. The minimum atomic E-state index is -1.78. The minimum absolute atomic E-state index is 0.344. The van der Waals surface area contributed by atoms with Gasteiger partial charge in [-0.1, -0.05) is 128 Å². The molecule has 0 aliphatic heterocycles. The molecule has 260 valence electrons. The van der Waals surface area contributed by atoms with E-state index < -0.39 is 13.5 Å². The van der Waals surface area contributed by atoms with E-state index in [9.17, 15) is 0 Å². The van der Waals surface area contributed by atoms with Crippen molar-refractivity contribution in [2.75, 3.05) is 38.5 Å². The van der Waals surface area contributed by atoms with E-state index in [4.69, 9.17) is 19.4 Å². The number of hydrogen-bond donors (Lipinski definition) is 1. The van der Waals surface area contributed by atoms with Crippen molar-refractivity contribution in [1.82, 2.24) is 10.2 Å². The molecule has 0 aromatic heterocycles. The van der Waals surface area contributed by atoms with Crippen LogP contribution in [0.1, 0.15) is 32.3 Å². The molecular formula is C42H50Cl2N2P2Ru. The van der Waals surface area contributed by atoms with Gasteiger partial charge in [-0.25, -0.2) is 0 Å². The summed E-state index contributed by atoms with van der Waals surface area (Å²) >= 11 is -1.78. The van der Waals surface area contributed by atoms with Crippen molar-refractivity contribution in [3.63, 3.8) is 0 Å². The molecule has 0 aliphatic rings. The van der Waals surface area contributed by atoms with E-state index in [0.717, 1.165) is 36.7 Å². The number of hydrogen-bond acceptors (Lipinski definition) is 2. The second-order valence-corrected chi connectivity index (χ2v) is 22.2. The third-order valence-electron chi connectivity index (χ3n) is 8.01. The summed E-state index contributed by atoms with van der Waals surface area (Å²) in [6, 6.07) is 54.8.